The van der Waals surface area contributed by atoms with Crippen LogP contribution in [0.5, 0.6) is 0 Å². The summed E-state index contributed by atoms with van der Waals surface area (Å²) >= 11 is 12.1. The maximum Gasteiger partial charge on any atom is 0.510 e. The van der Waals surface area contributed by atoms with Gasteiger partial charge in [-0.05, 0) is 43.9 Å². The molecule has 0 aromatic heterocycles. The van der Waals surface area contributed by atoms with Crippen LogP contribution in [0.15, 0.2) is 18.2 Å². The Bertz CT molecular complexity index is 638. The van der Waals surface area contributed by atoms with E-state index in [-0.39, 0.29) is 25.0 Å². The molecule has 1 amide bonds. The summed E-state index contributed by atoms with van der Waals surface area (Å²) in [5, 5.41) is 0.964. The number of amides is 1. The van der Waals surface area contributed by atoms with Gasteiger partial charge in [-0.15, -0.1) is 0 Å². The number of hydrogen-bond acceptors (Lipinski definition) is 4. The molecule has 0 radical (unpaired) electrons. The van der Waals surface area contributed by atoms with Crippen molar-refractivity contribution in [2.24, 2.45) is 5.92 Å². The van der Waals surface area contributed by atoms with Crippen LogP contribution < -0.4 is 0 Å². The first-order chi connectivity index (χ1) is 11.8. The van der Waals surface area contributed by atoms with Gasteiger partial charge in [-0.25, -0.2) is 4.79 Å². The first-order valence-corrected chi connectivity index (χ1v) is 9.15. The van der Waals surface area contributed by atoms with E-state index in [4.69, 9.17) is 32.7 Å². The molecule has 1 aromatic carbocycles. The maximum absolute atomic E-state index is 12.9. The van der Waals surface area contributed by atoms with Crippen molar-refractivity contribution in [3.05, 3.63) is 33.8 Å². The largest absolute Gasteiger partial charge is 0.510 e. The predicted molar refractivity (Wildman–Crippen MR) is 96.8 cm³/mol. The summed E-state index contributed by atoms with van der Waals surface area (Å²) in [6.07, 6.45) is 0.177. The molecule has 1 aliphatic rings. The maximum atomic E-state index is 12.9. The minimum absolute atomic E-state index is 0.0400. The highest BCUT2D eigenvalue weighted by Gasteiger charge is 2.37. The molecule has 5 nitrogen and oxygen atoms in total. The molecule has 1 aliphatic heterocycles. The van der Waals surface area contributed by atoms with Crippen molar-refractivity contribution in [2.45, 2.75) is 52.3 Å². The molecule has 2 rings (SSSR count). The Morgan fingerprint density at radius 2 is 1.96 bits per heavy atom. The van der Waals surface area contributed by atoms with E-state index in [1.807, 2.05) is 6.92 Å². The van der Waals surface area contributed by atoms with Crippen molar-refractivity contribution in [3.63, 3.8) is 0 Å². The number of carbonyl (C=O) groups excluding carboxylic acids is 2. The van der Waals surface area contributed by atoms with Gasteiger partial charge >= 0.3 is 6.16 Å². The van der Waals surface area contributed by atoms with Gasteiger partial charge in [0.1, 0.15) is 0 Å². The number of hydrogen-bond donors (Lipinski definition) is 0. The lowest BCUT2D eigenvalue weighted by Gasteiger charge is -2.42. The average Bonchev–Trinajstić information content (AvgIpc) is 2.49. The zero-order valence-corrected chi connectivity index (χ0v) is 16.1. The lowest BCUT2D eigenvalue weighted by atomic mass is 9.91. The van der Waals surface area contributed by atoms with Gasteiger partial charge < -0.3 is 14.4 Å². The first kappa shape index (κ1) is 19.9. The Balaban J connectivity index is 2.15. The van der Waals surface area contributed by atoms with E-state index in [1.54, 1.807) is 30.0 Å². The Labute approximate surface area is 158 Å². The summed E-state index contributed by atoms with van der Waals surface area (Å²) < 4.78 is 10.2. The van der Waals surface area contributed by atoms with Crippen molar-refractivity contribution in [1.29, 1.82) is 0 Å². The first-order valence-electron chi connectivity index (χ1n) is 8.40. The number of ether oxygens (including phenoxy) is 2. The van der Waals surface area contributed by atoms with Crippen LogP contribution in [0.1, 0.15) is 39.2 Å². The van der Waals surface area contributed by atoms with Gasteiger partial charge in [-0.2, -0.15) is 0 Å². The quantitative estimate of drug-likeness (QED) is 0.703. The highest BCUT2D eigenvalue weighted by atomic mass is 35.5. The molecule has 1 fully saturated rings. The molecular formula is C18H23Cl2NO4. The normalized spacial score (nSPS) is 23.2. The third-order valence-electron chi connectivity index (χ3n) is 4.27. The monoisotopic (exact) mass is 387 g/mol. The summed E-state index contributed by atoms with van der Waals surface area (Å²) in [5.41, 5.74) is 0.691. The smallest absolute Gasteiger partial charge is 0.435 e. The number of likely N-dealkylation sites (tertiary alicyclic amines) is 1. The van der Waals surface area contributed by atoms with E-state index in [0.717, 1.165) is 6.42 Å². The molecule has 0 N–H and O–H groups in total. The standard InChI is InChI=1S/C18H23Cl2NO4/c1-4-24-18(23)25-17-8-11(2)7-12(3)21(17)16(22)9-13-5-6-14(19)10-15(13)20/h5-6,10-12,17H,4,7-9H2,1-3H3. The second-order valence-corrected chi connectivity index (χ2v) is 7.24. The fourth-order valence-electron chi connectivity index (χ4n) is 3.23. The molecule has 3 unspecified atom stereocenters. The van der Waals surface area contributed by atoms with E-state index in [2.05, 4.69) is 6.92 Å². The second kappa shape index (κ2) is 8.77. The molecule has 3 atom stereocenters. The summed E-state index contributed by atoms with van der Waals surface area (Å²) in [5.74, 6) is 0.204. The molecule has 1 aromatic rings. The zero-order chi connectivity index (χ0) is 18.6. The van der Waals surface area contributed by atoms with E-state index >= 15 is 0 Å². The third-order valence-corrected chi connectivity index (χ3v) is 4.86. The number of halogens is 2. The van der Waals surface area contributed by atoms with Crippen LogP contribution >= 0.6 is 23.2 Å². The molecule has 7 heteroatoms. The highest BCUT2D eigenvalue weighted by Crippen LogP contribution is 2.30. The number of nitrogens with zero attached hydrogens (tertiary/aromatic N) is 1. The number of carbonyl (C=O) groups is 2. The van der Waals surface area contributed by atoms with E-state index in [9.17, 15) is 9.59 Å². The van der Waals surface area contributed by atoms with Gasteiger partial charge in [0.15, 0.2) is 6.23 Å². The topological polar surface area (TPSA) is 55.8 Å². The molecule has 0 saturated carbocycles. The van der Waals surface area contributed by atoms with Crippen molar-refractivity contribution in [2.75, 3.05) is 6.61 Å². The van der Waals surface area contributed by atoms with Crippen LogP contribution in [0, 0.1) is 5.92 Å². The van der Waals surface area contributed by atoms with Gasteiger partial charge in [-0.1, -0.05) is 36.2 Å². The molecule has 1 saturated heterocycles. The fraction of sp³-hybridized carbons (Fsp3) is 0.556. The van der Waals surface area contributed by atoms with Crippen LogP contribution in [0.4, 0.5) is 4.79 Å². The average molecular weight is 388 g/mol. The zero-order valence-electron chi connectivity index (χ0n) is 14.6. The number of benzene rings is 1. The summed E-state index contributed by atoms with van der Waals surface area (Å²) in [6.45, 7) is 5.97. The lowest BCUT2D eigenvalue weighted by Crippen LogP contribution is -2.53. The molecule has 0 bridgehead atoms. The fourth-order valence-corrected chi connectivity index (χ4v) is 3.70. The predicted octanol–water partition coefficient (Wildman–Crippen LogP) is 4.68. The van der Waals surface area contributed by atoms with Crippen LogP contribution in [-0.2, 0) is 20.7 Å². The molecule has 0 spiro atoms. The lowest BCUT2D eigenvalue weighted by molar-refractivity contribution is -0.153. The number of rotatable bonds is 4. The van der Waals surface area contributed by atoms with Gasteiger partial charge in [0.25, 0.3) is 0 Å². The summed E-state index contributed by atoms with van der Waals surface area (Å²) in [4.78, 5) is 26.2. The Morgan fingerprint density at radius 3 is 2.60 bits per heavy atom. The van der Waals surface area contributed by atoms with E-state index < -0.39 is 12.4 Å². The van der Waals surface area contributed by atoms with Crippen LogP contribution in [0.2, 0.25) is 10.0 Å². The van der Waals surface area contributed by atoms with Gasteiger partial charge in [0.05, 0.1) is 13.0 Å². The molecule has 25 heavy (non-hydrogen) atoms. The van der Waals surface area contributed by atoms with Crippen LogP contribution in [0.25, 0.3) is 0 Å². The van der Waals surface area contributed by atoms with Gasteiger partial charge in [0.2, 0.25) is 5.91 Å². The molecule has 0 aliphatic carbocycles. The third kappa shape index (κ3) is 5.25. The van der Waals surface area contributed by atoms with Crippen molar-refractivity contribution in [1.82, 2.24) is 4.90 Å². The van der Waals surface area contributed by atoms with E-state index in [0.29, 0.717) is 27.9 Å². The van der Waals surface area contributed by atoms with Crippen LogP contribution in [-0.4, -0.2) is 35.8 Å². The van der Waals surface area contributed by atoms with E-state index in [1.165, 1.54) is 0 Å². The van der Waals surface area contributed by atoms with Gasteiger partial charge in [-0.3, -0.25) is 4.79 Å². The Kier molecular flexibility index (Phi) is 6.96. The minimum atomic E-state index is -0.754. The number of piperidine rings is 1. The highest BCUT2D eigenvalue weighted by molar-refractivity contribution is 6.35. The van der Waals surface area contributed by atoms with Gasteiger partial charge in [0, 0.05) is 22.5 Å². The van der Waals surface area contributed by atoms with Crippen molar-refractivity contribution >= 4 is 35.3 Å². The Hall–Kier alpha value is -1.46. The molecule has 1 heterocycles. The van der Waals surface area contributed by atoms with Crippen molar-refractivity contribution < 1.29 is 19.1 Å². The molecular weight excluding hydrogens is 365 g/mol. The van der Waals surface area contributed by atoms with Crippen molar-refractivity contribution in [3.8, 4) is 0 Å². The summed E-state index contributed by atoms with van der Waals surface area (Å²) in [6, 6.07) is 5.01. The molecule has 138 valence electrons. The summed E-state index contributed by atoms with van der Waals surface area (Å²) in [7, 11) is 0. The minimum Gasteiger partial charge on any atom is -0.435 e. The van der Waals surface area contributed by atoms with Crippen LogP contribution in [0.3, 0.4) is 0 Å². The second-order valence-electron chi connectivity index (χ2n) is 6.39. The SMILES string of the molecule is CCOC(=O)OC1CC(C)CC(C)N1C(=O)Cc1ccc(Cl)cc1Cl. The Morgan fingerprint density at radius 1 is 1.24 bits per heavy atom.